The van der Waals surface area contributed by atoms with Crippen molar-refractivity contribution in [1.29, 1.82) is 0 Å². The van der Waals surface area contributed by atoms with E-state index in [4.69, 9.17) is 17.7 Å². The maximum atomic E-state index is 13.1. The molecule has 7 heteroatoms. The van der Waals surface area contributed by atoms with Crippen LogP contribution in [0.1, 0.15) is 68.2 Å². The van der Waals surface area contributed by atoms with Crippen LogP contribution in [0.2, 0.25) is 22.2 Å². The molecule has 0 aliphatic carbocycles. The Labute approximate surface area is 163 Å². The van der Waals surface area contributed by atoms with Crippen LogP contribution in [0.3, 0.4) is 0 Å². The molecule has 0 amide bonds. The molecule has 156 valence electrons. The zero-order valence-corrected chi connectivity index (χ0v) is 20.9. The first-order valence-electron chi connectivity index (χ1n) is 9.64. The van der Waals surface area contributed by atoms with E-state index in [2.05, 4.69) is 48.5 Å². The summed E-state index contributed by atoms with van der Waals surface area (Å²) in [6.07, 6.45) is 2.18. The van der Waals surface area contributed by atoms with Crippen LogP contribution >= 0.6 is 0 Å². The van der Waals surface area contributed by atoms with Gasteiger partial charge in [0.2, 0.25) is 0 Å². The topological polar surface area (TPSA) is 54.0 Å². The second-order valence-electron chi connectivity index (χ2n) is 9.25. The molecule has 0 spiro atoms. The fraction of sp³-hybridized carbons (Fsp3) is 0.947. The summed E-state index contributed by atoms with van der Waals surface area (Å²) in [5.41, 5.74) is 0. The van der Waals surface area contributed by atoms with E-state index in [1.165, 1.54) is 0 Å². The van der Waals surface area contributed by atoms with E-state index in [1.54, 1.807) is 21.3 Å². The van der Waals surface area contributed by atoms with E-state index in [0.29, 0.717) is 6.04 Å². The Bertz CT molecular complexity index is 414. The van der Waals surface area contributed by atoms with Crippen LogP contribution < -0.4 is 0 Å². The normalized spacial score (nSPS) is 15.0. The van der Waals surface area contributed by atoms with Gasteiger partial charge in [0.1, 0.15) is 0 Å². The van der Waals surface area contributed by atoms with Gasteiger partial charge >= 0.3 is 8.80 Å². The Morgan fingerprint density at radius 3 is 1.65 bits per heavy atom. The fourth-order valence-corrected chi connectivity index (χ4v) is 11.7. The molecule has 0 saturated heterocycles. The molecular formula is C19H42O5Si2. The second kappa shape index (κ2) is 9.82. The molecule has 26 heavy (non-hydrogen) atoms. The van der Waals surface area contributed by atoms with Gasteiger partial charge in [0.05, 0.1) is 5.92 Å². The van der Waals surface area contributed by atoms with Gasteiger partial charge in [-0.05, 0) is 16.1 Å². The summed E-state index contributed by atoms with van der Waals surface area (Å²) < 4.78 is 22.9. The first-order chi connectivity index (χ1) is 11.8. The van der Waals surface area contributed by atoms with Crippen LogP contribution in [0.25, 0.3) is 0 Å². The van der Waals surface area contributed by atoms with E-state index in [1.807, 2.05) is 6.92 Å². The van der Waals surface area contributed by atoms with Crippen molar-refractivity contribution in [2.75, 3.05) is 21.3 Å². The first kappa shape index (κ1) is 25.8. The lowest BCUT2D eigenvalue weighted by Gasteiger charge is -2.50. The number of carbonyl (C=O) groups is 1. The summed E-state index contributed by atoms with van der Waals surface area (Å²) in [5.74, 6) is -0.486. The molecule has 0 saturated carbocycles. The average Bonchev–Trinajstić information content (AvgIpc) is 2.53. The Balaban J connectivity index is 5.67. The van der Waals surface area contributed by atoms with Crippen molar-refractivity contribution in [3.8, 4) is 0 Å². The van der Waals surface area contributed by atoms with Gasteiger partial charge in [0.25, 0.3) is 14.3 Å². The molecule has 0 radical (unpaired) electrons. The van der Waals surface area contributed by atoms with Crippen molar-refractivity contribution < 1.29 is 22.5 Å². The third kappa shape index (κ3) is 5.89. The molecule has 0 heterocycles. The van der Waals surface area contributed by atoms with Gasteiger partial charge in [-0.1, -0.05) is 68.2 Å². The van der Waals surface area contributed by atoms with Gasteiger partial charge in [-0.25, -0.2) is 0 Å². The SMILES string of the molecule is CCCC[Si](OC(=O)C(C)C[Si](OC)(OC)OC)(C(C)(C)C)C(C)(C)C. The Kier molecular flexibility index (Phi) is 9.74. The number of rotatable bonds is 10. The van der Waals surface area contributed by atoms with Gasteiger partial charge in [-0.3, -0.25) is 4.79 Å². The molecule has 0 N–H and O–H groups in total. The minimum atomic E-state index is -2.82. The lowest BCUT2D eigenvalue weighted by atomic mass is 10.2. The summed E-state index contributed by atoms with van der Waals surface area (Å²) in [4.78, 5) is 13.1. The largest absolute Gasteiger partial charge is 0.518 e. The predicted molar refractivity (Wildman–Crippen MR) is 112 cm³/mol. The zero-order valence-electron chi connectivity index (χ0n) is 18.9. The summed E-state index contributed by atoms with van der Waals surface area (Å²) in [6.45, 7) is 17.4. The van der Waals surface area contributed by atoms with Crippen LogP contribution in [0.4, 0.5) is 0 Å². The van der Waals surface area contributed by atoms with Crippen LogP contribution in [0.15, 0.2) is 0 Å². The van der Waals surface area contributed by atoms with Crippen molar-refractivity contribution >= 4 is 23.1 Å². The highest BCUT2D eigenvalue weighted by atomic mass is 28.4. The average molecular weight is 407 g/mol. The van der Waals surface area contributed by atoms with Crippen LogP contribution in [-0.2, 0) is 22.5 Å². The third-order valence-electron chi connectivity index (χ3n) is 5.47. The van der Waals surface area contributed by atoms with Gasteiger partial charge < -0.3 is 17.7 Å². The lowest BCUT2D eigenvalue weighted by molar-refractivity contribution is -0.139. The highest BCUT2D eigenvalue weighted by Gasteiger charge is 2.57. The van der Waals surface area contributed by atoms with Crippen LogP contribution in [-0.4, -0.2) is 44.4 Å². The molecule has 0 aromatic rings. The van der Waals surface area contributed by atoms with Gasteiger partial charge in [0.15, 0.2) is 0 Å². The highest BCUT2D eigenvalue weighted by Crippen LogP contribution is 2.54. The van der Waals surface area contributed by atoms with E-state index >= 15 is 0 Å². The smallest absolute Gasteiger partial charge is 0.501 e. The number of unbranched alkanes of at least 4 members (excludes halogenated alkanes) is 1. The molecule has 0 bridgehead atoms. The van der Waals surface area contributed by atoms with Crippen molar-refractivity contribution in [3.05, 3.63) is 0 Å². The molecule has 1 unspecified atom stereocenters. The quantitative estimate of drug-likeness (QED) is 0.455. The lowest BCUT2D eigenvalue weighted by Crippen LogP contribution is -2.56. The molecule has 0 fully saturated rings. The van der Waals surface area contributed by atoms with E-state index in [9.17, 15) is 4.79 Å². The third-order valence-corrected chi connectivity index (χ3v) is 14.9. The summed E-state index contributed by atoms with van der Waals surface area (Å²) in [7, 11) is -0.515. The number of hydrogen-bond acceptors (Lipinski definition) is 5. The molecular weight excluding hydrogens is 364 g/mol. The van der Waals surface area contributed by atoms with Crippen LogP contribution in [0.5, 0.6) is 0 Å². The number of hydrogen-bond donors (Lipinski definition) is 0. The molecule has 0 rings (SSSR count). The van der Waals surface area contributed by atoms with Crippen LogP contribution in [0, 0.1) is 5.92 Å². The molecule has 0 aromatic carbocycles. The molecule has 5 nitrogen and oxygen atoms in total. The fourth-order valence-electron chi connectivity index (χ4n) is 3.89. The van der Waals surface area contributed by atoms with E-state index < -0.39 is 17.1 Å². The number of carbonyl (C=O) groups excluding carboxylic acids is 1. The highest BCUT2D eigenvalue weighted by molar-refractivity contribution is 6.80. The summed E-state index contributed by atoms with van der Waals surface area (Å²) in [6, 6.07) is 1.40. The standard InChI is InChI=1S/C19H42O5Si2/c1-12-13-14-25(18(3,4)5,19(6,7)8)24-17(20)16(2)15-26(21-9,22-10)23-11/h16H,12-15H2,1-11H3. The van der Waals surface area contributed by atoms with Gasteiger partial charge in [-0.2, -0.15) is 0 Å². The minimum Gasteiger partial charge on any atom is -0.518 e. The maximum absolute atomic E-state index is 13.1. The Morgan fingerprint density at radius 2 is 1.35 bits per heavy atom. The Morgan fingerprint density at radius 1 is 0.923 bits per heavy atom. The van der Waals surface area contributed by atoms with Crippen molar-refractivity contribution in [1.82, 2.24) is 0 Å². The van der Waals surface area contributed by atoms with Crippen molar-refractivity contribution in [3.63, 3.8) is 0 Å². The monoisotopic (exact) mass is 406 g/mol. The molecule has 0 aliphatic rings. The van der Waals surface area contributed by atoms with Crippen molar-refractivity contribution in [2.24, 2.45) is 5.92 Å². The van der Waals surface area contributed by atoms with E-state index in [-0.39, 0.29) is 22.0 Å². The molecule has 0 aliphatic heterocycles. The van der Waals surface area contributed by atoms with Gasteiger partial charge in [-0.15, -0.1) is 0 Å². The maximum Gasteiger partial charge on any atom is 0.501 e. The van der Waals surface area contributed by atoms with Crippen molar-refractivity contribution in [2.45, 2.75) is 90.4 Å². The Hall–Kier alpha value is -0.216. The van der Waals surface area contributed by atoms with E-state index in [0.717, 1.165) is 18.9 Å². The minimum absolute atomic E-state index is 0.0475. The predicted octanol–water partition coefficient (Wildman–Crippen LogP) is 5.39. The molecule has 1 atom stereocenters. The molecule has 0 aromatic heterocycles. The second-order valence-corrected chi connectivity index (χ2v) is 17.6. The summed E-state index contributed by atoms with van der Waals surface area (Å²) >= 11 is 0. The zero-order chi connectivity index (χ0) is 20.8. The first-order valence-corrected chi connectivity index (χ1v) is 13.7. The summed E-state index contributed by atoms with van der Waals surface area (Å²) in [5, 5.41) is -0.0951. The van der Waals surface area contributed by atoms with Gasteiger partial charge in [0, 0.05) is 27.4 Å².